The first-order chi connectivity index (χ1) is 38.9. The van der Waals surface area contributed by atoms with Gasteiger partial charge in [-0.3, -0.25) is 0 Å². The van der Waals surface area contributed by atoms with E-state index in [1.165, 1.54) is 21.3 Å². The molecule has 0 aromatic carbocycles. The maximum absolute atomic E-state index is 11.3. The van der Waals surface area contributed by atoms with E-state index in [9.17, 15) is 112 Å². The Hall–Kier alpha value is -1.48. The fraction of sp³-hybridized carbons (Fsp3) is 1.00. The van der Waals surface area contributed by atoms with Gasteiger partial charge in [-0.2, -0.15) is 0 Å². The van der Waals surface area contributed by atoms with Crippen molar-refractivity contribution >= 4 is 0 Å². The Morgan fingerprint density at radius 2 is 0.512 bits per heavy atom. The largest absolute Gasteiger partial charge is 0.394 e. The summed E-state index contributed by atoms with van der Waals surface area (Å²) in [5, 5.41) is 224. The van der Waals surface area contributed by atoms with Crippen molar-refractivity contribution < 1.29 is 183 Å². The predicted octanol–water partition coefficient (Wildman–Crippen LogP) is -15.4. The fourth-order valence-electron chi connectivity index (χ4n) is 10.2. The molecule has 37 heteroatoms. The zero-order valence-corrected chi connectivity index (χ0v) is 44.1. The summed E-state index contributed by atoms with van der Waals surface area (Å²) in [6.07, 6.45) is -56.4. The molecule has 0 radical (unpaired) electrons. The van der Waals surface area contributed by atoms with Gasteiger partial charge in [0, 0.05) is 21.3 Å². The second kappa shape index (κ2) is 31.1. The molecule has 82 heavy (non-hydrogen) atoms. The summed E-state index contributed by atoms with van der Waals surface area (Å²) in [5.74, 6) is 0. The number of ether oxygens (including phenoxy) is 15. The molecule has 0 bridgehead atoms. The van der Waals surface area contributed by atoms with Gasteiger partial charge in [-0.15, -0.1) is 0 Å². The third-order valence-corrected chi connectivity index (χ3v) is 15.0. The molecule has 0 spiro atoms. The first kappa shape index (κ1) is 69.6. The highest BCUT2D eigenvalue weighted by molar-refractivity contribution is 4.99. The Balaban J connectivity index is 0.000000280. The summed E-state index contributed by atoms with van der Waals surface area (Å²) in [5.41, 5.74) is 0. The van der Waals surface area contributed by atoms with E-state index in [2.05, 4.69) is 0 Å². The summed E-state index contributed by atoms with van der Waals surface area (Å²) in [4.78, 5) is 0. The van der Waals surface area contributed by atoms with Gasteiger partial charge >= 0.3 is 0 Å². The van der Waals surface area contributed by atoms with Gasteiger partial charge in [0.25, 0.3) is 0 Å². The second-order valence-electron chi connectivity index (χ2n) is 20.1. The molecule has 35 atom stereocenters. The number of rotatable bonds is 20. The fourth-order valence-corrected chi connectivity index (χ4v) is 10.2. The van der Waals surface area contributed by atoms with Crippen molar-refractivity contribution in [3.8, 4) is 0 Å². The van der Waals surface area contributed by atoms with E-state index < -0.39 is 261 Å². The zero-order chi connectivity index (χ0) is 60.8. The second-order valence-corrected chi connectivity index (χ2v) is 20.1. The van der Waals surface area contributed by atoms with E-state index in [4.69, 9.17) is 71.1 Å². The minimum Gasteiger partial charge on any atom is -0.394 e. The van der Waals surface area contributed by atoms with E-state index >= 15 is 0 Å². The van der Waals surface area contributed by atoms with E-state index in [-0.39, 0.29) is 0 Å². The van der Waals surface area contributed by atoms with Crippen LogP contribution in [0, 0.1) is 0 Å². The first-order valence-electron chi connectivity index (χ1n) is 25.9. The van der Waals surface area contributed by atoms with Gasteiger partial charge in [-0.25, -0.2) is 0 Å². The van der Waals surface area contributed by atoms with Crippen molar-refractivity contribution in [3.05, 3.63) is 0 Å². The lowest BCUT2D eigenvalue weighted by Crippen LogP contribution is -2.67. The number of methoxy groups -OCH3 is 3. The maximum Gasteiger partial charge on any atom is 0.187 e. The highest BCUT2D eigenvalue weighted by atomic mass is 16.8. The monoisotopic (exact) mass is 1210 g/mol. The Kier molecular flexibility index (Phi) is 26.4. The summed E-state index contributed by atoms with van der Waals surface area (Å²) >= 11 is 0. The molecule has 0 aromatic rings. The first-order valence-corrected chi connectivity index (χ1v) is 25.9. The molecule has 37 nitrogen and oxygen atoms in total. The number of aliphatic hydroxyl groups excluding tert-OH is 22. The number of hydrogen-bond acceptors (Lipinski definition) is 37. The zero-order valence-electron chi connectivity index (χ0n) is 44.1. The molecule has 7 aliphatic rings. The molecule has 7 fully saturated rings. The van der Waals surface area contributed by atoms with Crippen molar-refractivity contribution in [1.29, 1.82) is 0 Å². The molecule has 7 rings (SSSR count). The van der Waals surface area contributed by atoms with Gasteiger partial charge in [-0.1, -0.05) is 0 Å². The molecule has 482 valence electrons. The SMILES string of the molecule is CO[C@H]1OC(CO)[C@@H](O[C@H]2OC(CO[C@H]3OC(CO)[C@@H](OC)[C@H](O)C3O)[C@@H](O[C@H]3OC(CO)[C@@H](OC)[C@H](O)C3O)[C@H](O)C2O)[C@H](O)C1O.OCC1O[C@H](O[C@@H]2C(CO)O[C@H](O[C@@H]3C(CO)O[C@H](O)C(O)[C@H]3O)C(O)[C@H]2O)C(O)[C@@H](O)[C@@H]1O. The number of aliphatic hydroxyl groups is 22. The van der Waals surface area contributed by atoms with Crippen LogP contribution in [0.15, 0.2) is 0 Å². The predicted molar refractivity (Wildman–Crippen MR) is 250 cm³/mol. The lowest BCUT2D eigenvalue weighted by molar-refractivity contribution is -0.384. The van der Waals surface area contributed by atoms with Gasteiger partial charge < -0.3 is 183 Å². The molecule has 7 heterocycles. The van der Waals surface area contributed by atoms with Crippen LogP contribution in [0.5, 0.6) is 0 Å². The molecular weight excluding hydrogens is 1130 g/mol. The molecule has 14 unspecified atom stereocenters. The van der Waals surface area contributed by atoms with Crippen LogP contribution in [0.3, 0.4) is 0 Å². The molecular formula is C45H80O37. The van der Waals surface area contributed by atoms with Gasteiger partial charge in [0.2, 0.25) is 0 Å². The van der Waals surface area contributed by atoms with Crippen LogP contribution in [0.1, 0.15) is 0 Å². The van der Waals surface area contributed by atoms with Crippen LogP contribution >= 0.6 is 0 Å². The van der Waals surface area contributed by atoms with Crippen LogP contribution < -0.4 is 0 Å². The van der Waals surface area contributed by atoms with Crippen molar-refractivity contribution in [2.24, 2.45) is 0 Å². The van der Waals surface area contributed by atoms with Crippen LogP contribution in [0.4, 0.5) is 0 Å². The molecule has 0 aliphatic carbocycles. The van der Waals surface area contributed by atoms with Gasteiger partial charge in [0.05, 0.1) is 46.2 Å². The summed E-state index contributed by atoms with van der Waals surface area (Å²) in [6.45, 7) is -5.03. The number of hydrogen-bond donors (Lipinski definition) is 22. The van der Waals surface area contributed by atoms with Gasteiger partial charge in [0.15, 0.2) is 44.0 Å². The lowest BCUT2D eigenvalue weighted by atomic mass is 9.96. The van der Waals surface area contributed by atoms with E-state index in [1.54, 1.807) is 0 Å². The van der Waals surface area contributed by atoms with Crippen LogP contribution in [-0.2, 0) is 71.1 Å². The average Bonchev–Trinajstić information content (AvgIpc) is 3.64. The molecule has 0 aromatic heterocycles. The van der Waals surface area contributed by atoms with Crippen LogP contribution in [-0.4, -0.2) is 395 Å². The Bertz CT molecular complexity index is 1840. The standard InChI is InChI=1S/C27H48O21.C18H32O16/c1-39-20-8(4-28)44-25(17(36)12(20)31)42-7-11-23(48-26-18(37)13(32)21(40-2)9(5-29)45-26)15(34)19(38)27(46-11)47-22-10(6-30)43-24(41-3)16(35)14(22)33;19-1-4-7(22)8(23)12(27)17(31-4)34-15-6(3-21)32-18(13(28)10(15)25)33-14-5(2-20)30-16(29)11(26)9(14)24/h8-38H,4-7H2,1-3H3;4-29H,1-3H2/t8?,9?,10?,11?,12-,13-,14-,15-,16?,17?,18?,19?,20-,21-,22-,23-,24+,25+,26-,27-;4?,5?,6?,7-,8+,9-,10-,11?,12?,13?,14-,15-,16+,17-,18-/m11/s1. The van der Waals surface area contributed by atoms with Gasteiger partial charge in [-0.05, 0) is 0 Å². The van der Waals surface area contributed by atoms with Gasteiger partial charge in [0.1, 0.15) is 171 Å². The van der Waals surface area contributed by atoms with E-state index in [1.807, 2.05) is 0 Å². The van der Waals surface area contributed by atoms with Crippen molar-refractivity contribution in [2.75, 3.05) is 67.6 Å². The summed E-state index contributed by atoms with van der Waals surface area (Å²) < 4.78 is 81.2. The molecule has 7 aliphatic heterocycles. The normalized spacial score (nSPS) is 51.3. The van der Waals surface area contributed by atoms with Crippen LogP contribution in [0.2, 0.25) is 0 Å². The minimum absolute atomic E-state index is 0.629. The quantitative estimate of drug-likeness (QED) is 0.0538. The highest BCUT2D eigenvalue weighted by Gasteiger charge is 2.57. The third kappa shape index (κ3) is 15.0. The molecule has 7 saturated heterocycles. The lowest BCUT2D eigenvalue weighted by Gasteiger charge is -2.48. The topological polar surface area (TPSA) is 584 Å². The van der Waals surface area contributed by atoms with Crippen LogP contribution in [0.25, 0.3) is 0 Å². The van der Waals surface area contributed by atoms with Crippen molar-refractivity contribution in [1.82, 2.24) is 0 Å². The Morgan fingerprint density at radius 1 is 0.244 bits per heavy atom. The minimum atomic E-state index is -1.99. The Labute approximate surface area is 465 Å². The smallest absolute Gasteiger partial charge is 0.187 e. The van der Waals surface area contributed by atoms with E-state index in [0.29, 0.717) is 0 Å². The molecule has 22 N–H and O–H groups in total. The highest BCUT2D eigenvalue weighted by Crippen LogP contribution is 2.36. The van der Waals surface area contributed by atoms with Crippen molar-refractivity contribution in [3.63, 3.8) is 0 Å². The third-order valence-electron chi connectivity index (χ3n) is 15.0. The van der Waals surface area contributed by atoms with Crippen molar-refractivity contribution in [2.45, 2.75) is 215 Å². The summed E-state index contributed by atoms with van der Waals surface area (Å²) in [7, 11) is 3.65. The molecule has 0 saturated carbocycles. The Morgan fingerprint density at radius 3 is 0.890 bits per heavy atom. The van der Waals surface area contributed by atoms with E-state index in [0.717, 1.165) is 0 Å². The maximum atomic E-state index is 11.3. The molecule has 0 amide bonds. The average molecular weight is 1210 g/mol. The summed E-state index contributed by atoms with van der Waals surface area (Å²) in [6, 6.07) is 0.